The van der Waals surface area contributed by atoms with Gasteiger partial charge in [0.25, 0.3) is 0 Å². The second kappa shape index (κ2) is 9.90. The van der Waals surface area contributed by atoms with Crippen LogP contribution in [-0.2, 0) is 31.5 Å². The van der Waals surface area contributed by atoms with Crippen LogP contribution >= 0.6 is 0 Å². The fourth-order valence-corrected chi connectivity index (χ4v) is 6.07. The van der Waals surface area contributed by atoms with Gasteiger partial charge < -0.3 is 14.0 Å². The van der Waals surface area contributed by atoms with E-state index in [1.807, 2.05) is 0 Å². The van der Waals surface area contributed by atoms with Crippen LogP contribution in [0.2, 0.25) is 0 Å². The zero-order valence-corrected chi connectivity index (χ0v) is 21.1. The first-order valence-corrected chi connectivity index (χ1v) is 13.6. The minimum Gasteiger partial charge on any atom is -0.479 e. The van der Waals surface area contributed by atoms with Crippen molar-refractivity contribution in [2.45, 2.75) is 56.2 Å². The number of aliphatic carboxylic acids is 1. The van der Waals surface area contributed by atoms with E-state index in [0.29, 0.717) is 5.56 Å². The van der Waals surface area contributed by atoms with Gasteiger partial charge in [0.05, 0.1) is 4.90 Å². The molecule has 2 aromatic carbocycles. The van der Waals surface area contributed by atoms with Crippen LogP contribution in [0, 0.1) is 6.92 Å². The predicted octanol–water partition coefficient (Wildman–Crippen LogP) is 3.77. The summed E-state index contributed by atoms with van der Waals surface area (Å²) < 4.78 is 98.7. The Balaban J connectivity index is 1.94. The molecule has 36 heavy (non-hydrogen) atoms. The summed E-state index contributed by atoms with van der Waals surface area (Å²) in [6, 6.07) is 7.77. The van der Waals surface area contributed by atoms with E-state index in [1.165, 1.54) is 31.2 Å². The molecule has 0 spiro atoms. The quantitative estimate of drug-likeness (QED) is 0.388. The number of rotatable bonds is 8. The maximum absolute atomic E-state index is 13.5. The topological polar surface area (TPSA) is 127 Å². The summed E-state index contributed by atoms with van der Waals surface area (Å²) in [6.45, 7) is 4.61. The van der Waals surface area contributed by atoms with Crippen molar-refractivity contribution < 1.29 is 48.8 Å². The number of carbonyl (C=O) groups is 1. The standard InChI is InChI=1S/C22H24F3NO8S2/c1-4-18(21(27)28)33-19-6-5-7-20(14(19)3)35(29,30)26-11-13(2)17-9-8-16(10-15(17)12-26)34-36(31,32)22(23,24)25/h5-10,13,18H,4,11-12H2,1-3H3,(H,27,28). The predicted molar refractivity (Wildman–Crippen MR) is 122 cm³/mol. The molecule has 2 aromatic rings. The molecule has 9 nitrogen and oxygen atoms in total. The van der Waals surface area contributed by atoms with E-state index in [4.69, 9.17) is 4.74 Å². The molecule has 1 N–H and O–H groups in total. The van der Waals surface area contributed by atoms with Gasteiger partial charge in [0.15, 0.2) is 6.10 Å². The number of carboxylic acid groups (broad SMARTS) is 1. The maximum Gasteiger partial charge on any atom is 0.534 e. The van der Waals surface area contributed by atoms with Crippen LogP contribution in [0.5, 0.6) is 11.5 Å². The largest absolute Gasteiger partial charge is 0.534 e. The second-order valence-corrected chi connectivity index (χ2v) is 11.7. The molecule has 0 saturated carbocycles. The molecule has 0 aliphatic carbocycles. The molecule has 1 aliphatic rings. The molecule has 2 unspecified atom stereocenters. The van der Waals surface area contributed by atoms with Crippen molar-refractivity contribution in [3.05, 3.63) is 53.1 Å². The van der Waals surface area contributed by atoms with Gasteiger partial charge >= 0.3 is 21.6 Å². The average molecular weight is 552 g/mol. The molecule has 0 fully saturated rings. The fourth-order valence-electron chi connectivity index (χ4n) is 3.87. The first-order chi connectivity index (χ1) is 16.6. The Morgan fingerprint density at radius 3 is 2.44 bits per heavy atom. The van der Waals surface area contributed by atoms with Crippen LogP contribution in [-0.4, -0.2) is 50.4 Å². The summed E-state index contributed by atoms with van der Waals surface area (Å²) in [5.41, 5.74) is -4.49. The van der Waals surface area contributed by atoms with Gasteiger partial charge in [-0.1, -0.05) is 26.0 Å². The van der Waals surface area contributed by atoms with E-state index >= 15 is 0 Å². The Morgan fingerprint density at radius 2 is 1.86 bits per heavy atom. The lowest BCUT2D eigenvalue weighted by molar-refractivity contribution is -0.145. The van der Waals surface area contributed by atoms with E-state index in [0.717, 1.165) is 16.4 Å². The highest BCUT2D eigenvalue weighted by Gasteiger charge is 2.48. The SMILES string of the molecule is CCC(Oc1cccc(S(=O)(=O)N2Cc3cc(OS(=O)(=O)C(F)(F)F)ccc3C(C)C2)c1C)C(=O)O. The lowest BCUT2D eigenvalue weighted by atomic mass is 9.92. The fraction of sp³-hybridized carbons (Fsp3) is 0.409. The monoisotopic (exact) mass is 551 g/mol. The van der Waals surface area contributed by atoms with Crippen molar-refractivity contribution in [2.75, 3.05) is 6.54 Å². The molecule has 198 valence electrons. The van der Waals surface area contributed by atoms with E-state index < -0.39 is 43.5 Å². The first kappa shape index (κ1) is 27.7. The molecule has 1 heterocycles. The number of ether oxygens (including phenoxy) is 1. The van der Waals surface area contributed by atoms with Crippen LogP contribution in [0.1, 0.15) is 42.9 Å². The molecule has 0 radical (unpaired) electrons. The van der Waals surface area contributed by atoms with Crippen molar-refractivity contribution in [2.24, 2.45) is 0 Å². The first-order valence-electron chi connectivity index (χ1n) is 10.7. The van der Waals surface area contributed by atoms with Gasteiger partial charge in [-0.15, -0.1) is 0 Å². The summed E-state index contributed by atoms with van der Waals surface area (Å²) in [6.07, 6.45) is -1.02. The number of sulfonamides is 1. The summed E-state index contributed by atoms with van der Waals surface area (Å²) in [5.74, 6) is -2.07. The van der Waals surface area contributed by atoms with Crippen molar-refractivity contribution in [3.63, 3.8) is 0 Å². The van der Waals surface area contributed by atoms with Gasteiger partial charge in [-0.3, -0.25) is 0 Å². The second-order valence-electron chi connectivity index (χ2n) is 8.27. The van der Waals surface area contributed by atoms with E-state index in [-0.39, 0.29) is 47.2 Å². The smallest absolute Gasteiger partial charge is 0.479 e. The lowest BCUT2D eigenvalue weighted by Crippen LogP contribution is -2.38. The summed E-state index contributed by atoms with van der Waals surface area (Å²) in [7, 11) is -10.1. The van der Waals surface area contributed by atoms with Gasteiger partial charge in [0.2, 0.25) is 10.0 Å². The summed E-state index contributed by atoms with van der Waals surface area (Å²) in [4.78, 5) is 11.2. The Bertz CT molecular complexity index is 1370. The van der Waals surface area contributed by atoms with Crippen LogP contribution in [0.4, 0.5) is 13.2 Å². The number of alkyl halides is 3. The Hall–Kier alpha value is -2.84. The Kier molecular flexibility index (Phi) is 7.63. The summed E-state index contributed by atoms with van der Waals surface area (Å²) in [5, 5.41) is 9.26. The van der Waals surface area contributed by atoms with Gasteiger partial charge in [-0.25, -0.2) is 13.2 Å². The van der Waals surface area contributed by atoms with Gasteiger partial charge in [0.1, 0.15) is 11.5 Å². The number of halogens is 3. The molecule has 0 aromatic heterocycles. The minimum absolute atomic E-state index is 0.0492. The molecule has 2 atom stereocenters. The maximum atomic E-state index is 13.5. The molecule has 14 heteroatoms. The molecule has 1 aliphatic heterocycles. The third-order valence-corrected chi connectivity index (χ3v) is 8.66. The Morgan fingerprint density at radius 1 is 1.19 bits per heavy atom. The zero-order valence-electron chi connectivity index (χ0n) is 19.4. The van der Waals surface area contributed by atoms with Crippen LogP contribution < -0.4 is 8.92 Å². The molecular weight excluding hydrogens is 527 g/mol. The lowest BCUT2D eigenvalue weighted by Gasteiger charge is -2.33. The number of carboxylic acids is 1. The van der Waals surface area contributed by atoms with Crippen LogP contribution in [0.15, 0.2) is 41.3 Å². The number of hydrogen-bond donors (Lipinski definition) is 1. The van der Waals surface area contributed by atoms with E-state index in [2.05, 4.69) is 4.18 Å². The van der Waals surface area contributed by atoms with Crippen molar-refractivity contribution in [1.82, 2.24) is 4.31 Å². The number of nitrogens with zero attached hydrogens (tertiary/aromatic N) is 1. The highest BCUT2D eigenvalue weighted by atomic mass is 32.2. The average Bonchev–Trinajstić information content (AvgIpc) is 2.76. The zero-order chi connectivity index (χ0) is 27.1. The molecule has 0 bridgehead atoms. The molecular formula is C22H24F3NO8S2. The number of benzene rings is 2. The number of fused-ring (bicyclic) bond motifs is 1. The third kappa shape index (κ3) is 5.44. The molecule has 3 rings (SSSR count). The van der Waals surface area contributed by atoms with E-state index in [1.54, 1.807) is 13.8 Å². The van der Waals surface area contributed by atoms with Crippen molar-refractivity contribution >= 4 is 26.1 Å². The molecule has 0 saturated heterocycles. The van der Waals surface area contributed by atoms with Crippen molar-refractivity contribution in [3.8, 4) is 11.5 Å². The van der Waals surface area contributed by atoms with Gasteiger partial charge in [0, 0.05) is 18.7 Å². The van der Waals surface area contributed by atoms with Crippen molar-refractivity contribution in [1.29, 1.82) is 0 Å². The summed E-state index contributed by atoms with van der Waals surface area (Å²) >= 11 is 0. The van der Waals surface area contributed by atoms with Gasteiger partial charge in [-0.05, 0) is 54.7 Å². The highest BCUT2D eigenvalue weighted by molar-refractivity contribution is 7.89. The minimum atomic E-state index is -5.89. The van der Waals surface area contributed by atoms with Crippen LogP contribution in [0.25, 0.3) is 0 Å². The molecule has 0 amide bonds. The van der Waals surface area contributed by atoms with E-state index in [9.17, 15) is 39.9 Å². The Labute approximate surface area is 206 Å². The van der Waals surface area contributed by atoms with Crippen LogP contribution in [0.3, 0.4) is 0 Å². The normalized spacial score (nSPS) is 17.8. The highest BCUT2D eigenvalue weighted by Crippen LogP contribution is 2.37. The van der Waals surface area contributed by atoms with Gasteiger partial charge in [-0.2, -0.15) is 25.9 Å². The third-order valence-electron chi connectivity index (χ3n) is 5.73. The number of hydrogen-bond acceptors (Lipinski definition) is 7.